The van der Waals surface area contributed by atoms with Crippen LogP contribution in [0.25, 0.3) is 0 Å². The average molecular weight is 414 g/mol. The van der Waals surface area contributed by atoms with Gasteiger partial charge in [0.1, 0.15) is 23.4 Å². The number of amides is 2. The summed E-state index contributed by atoms with van der Waals surface area (Å²) in [7, 11) is 3.01. The van der Waals surface area contributed by atoms with Crippen LogP contribution in [0, 0.1) is 11.7 Å². The minimum Gasteiger partial charge on any atom is -0.497 e. The Morgan fingerprint density at radius 1 is 1.07 bits per heavy atom. The predicted molar refractivity (Wildman–Crippen MR) is 111 cm³/mol. The van der Waals surface area contributed by atoms with E-state index in [0.717, 1.165) is 12.0 Å². The number of rotatable bonds is 8. The first-order valence-corrected chi connectivity index (χ1v) is 9.92. The Morgan fingerprint density at radius 2 is 1.73 bits per heavy atom. The number of methoxy groups -OCH3 is 2. The SMILES string of the molecule is COc1cc(OC)cc(C(=O)NC(C(=O)NC2CC2c2cccc(F)c2)C(C)C)c1. The molecule has 0 aliphatic heterocycles. The van der Waals surface area contributed by atoms with Crippen LogP contribution < -0.4 is 20.1 Å². The van der Waals surface area contributed by atoms with E-state index in [-0.39, 0.29) is 29.6 Å². The van der Waals surface area contributed by atoms with Crippen LogP contribution in [-0.4, -0.2) is 38.1 Å². The first-order chi connectivity index (χ1) is 14.3. The fourth-order valence-electron chi connectivity index (χ4n) is 3.43. The van der Waals surface area contributed by atoms with Crippen LogP contribution in [0.2, 0.25) is 0 Å². The summed E-state index contributed by atoms with van der Waals surface area (Å²) in [5.74, 6) is 0.0201. The van der Waals surface area contributed by atoms with Crippen molar-refractivity contribution in [1.82, 2.24) is 10.6 Å². The van der Waals surface area contributed by atoms with Crippen LogP contribution in [0.4, 0.5) is 4.39 Å². The molecule has 30 heavy (non-hydrogen) atoms. The molecule has 0 radical (unpaired) electrons. The molecule has 160 valence electrons. The number of carbonyl (C=O) groups is 2. The lowest BCUT2D eigenvalue weighted by Crippen LogP contribution is -2.50. The third kappa shape index (κ3) is 5.09. The highest BCUT2D eigenvalue weighted by Crippen LogP contribution is 2.41. The summed E-state index contributed by atoms with van der Waals surface area (Å²) in [6, 6.07) is 10.5. The maximum absolute atomic E-state index is 13.4. The van der Waals surface area contributed by atoms with Crippen LogP contribution in [-0.2, 0) is 4.79 Å². The summed E-state index contributed by atoms with van der Waals surface area (Å²) in [5, 5.41) is 5.79. The molecule has 1 fully saturated rings. The molecule has 0 saturated heterocycles. The lowest BCUT2D eigenvalue weighted by atomic mass is 10.0. The van der Waals surface area contributed by atoms with E-state index in [1.54, 1.807) is 24.3 Å². The van der Waals surface area contributed by atoms with E-state index in [1.807, 2.05) is 19.9 Å². The molecule has 3 rings (SSSR count). The molecule has 3 unspecified atom stereocenters. The van der Waals surface area contributed by atoms with E-state index in [4.69, 9.17) is 9.47 Å². The molecule has 7 heteroatoms. The van der Waals surface area contributed by atoms with Crippen molar-refractivity contribution in [2.45, 2.75) is 38.3 Å². The highest BCUT2D eigenvalue weighted by atomic mass is 19.1. The van der Waals surface area contributed by atoms with Crippen molar-refractivity contribution in [2.24, 2.45) is 5.92 Å². The Kier molecular flexibility index (Phi) is 6.59. The topological polar surface area (TPSA) is 76.7 Å². The van der Waals surface area contributed by atoms with Crippen molar-refractivity contribution in [2.75, 3.05) is 14.2 Å². The van der Waals surface area contributed by atoms with E-state index < -0.39 is 11.9 Å². The van der Waals surface area contributed by atoms with E-state index in [2.05, 4.69) is 10.6 Å². The van der Waals surface area contributed by atoms with Gasteiger partial charge in [0.25, 0.3) is 5.91 Å². The van der Waals surface area contributed by atoms with Gasteiger partial charge in [-0.1, -0.05) is 26.0 Å². The van der Waals surface area contributed by atoms with Crippen LogP contribution in [0.3, 0.4) is 0 Å². The van der Waals surface area contributed by atoms with Crippen LogP contribution >= 0.6 is 0 Å². The minimum absolute atomic E-state index is 0.0608. The standard InChI is InChI=1S/C23H27FN2O4/c1-13(2)21(26-22(27)15-9-17(29-3)11-18(10-15)30-4)23(28)25-20-12-19(20)14-6-5-7-16(24)8-14/h5-11,13,19-21H,12H2,1-4H3,(H,25,28)(H,26,27). The first-order valence-electron chi connectivity index (χ1n) is 9.92. The zero-order chi connectivity index (χ0) is 21.8. The summed E-state index contributed by atoms with van der Waals surface area (Å²) in [6.45, 7) is 3.74. The summed E-state index contributed by atoms with van der Waals surface area (Å²) in [5.41, 5.74) is 1.21. The number of halogens is 1. The molecule has 0 aromatic heterocycles. The fourth-order valence-corrected chi connectivity index (χ4v) is 3.43. The monoisotopic (exact) mass is 414 g/mol. The number of ether oxygens (including phenoxy) is 2. The van der Waals surface area contributed by atoms with Crippen molar-refractivity contribution in [3.8, 4) is 11.5 Å². The zero-order valence-electron chi connectivity index (χ0n) is 17.6. The molecule has 0 bridgehead atoms. The third-order valence-corrected chi connectivity index (χ3v) is 5.24. The summed E-state index contributed by atoms with van der Waals surface area (Å²) < 4.78 is 23.8. The van der Waals surface area contributed by atoms with Gasteiger partial charge in [-0.15, -0.1) is 0 Å². The molecule has 3 atom stereocenters. The van der Waals surface area contributed by atoms with E-state index in [0.29, 0.717) is 17.1 Å². The van der Waals surface area contributed by atoms with E-state index >= 15 is 0 Å². The Balaban J connectivity index is 1.66. The normalized spacial score (nSPS) is 18.5. The number of hydrogen-bond acceptors (Lipinski definition) is 4. The lowest BCUT2D eigenvalue weighted by Gasteiger charge is -2.22. The van der Waals surface area contributed by atoms with Crippen molar-refractivity contribution >= 4 is 11.8 Å². The third-order valence-electron chi connectivity index (χ3n) is 5.24. The van der Waals surface area contributed by atoms with E-state index in [9.17, 15) is 14.0 Å². The number of nitrogens with one attached hydrogen (secondary N) is 2. The smallest absolute Gasteiger partial charge is 0.252 e. The first kappa shape index (κ1) is 21.6. The highest BCUT2D eigenvalue weighted by Gasteiger charge is 2.41. The van der Waals surface area contributed by atoms with Crippen molar-refractivity contribution < 1.29 is 23.5 Å². The van der Waals surface area contributed by atoms with Gasteiger partial charge in [0.15, 0.2) is 0 Å². The van der Waals surface area contributed by atoms with Crippen LogP contribution in [0.1, 0.15) is 42.1 Å². The molecule has 1 aliphatic carbocycles. The maximum Gasteiger partial charge on any atom is 0.252 e. The van der Waals surface area contributed by atoms with Gasteiger partial charge in [-0.25, -0.2) is 4.39 Å². The van der Waals surface area contributed by atoms with Crippen LogP contribution in [0.15, 0.2) is 42.5 Å². The van der Waals surface area contributed by atoms with Gasteiger partial charge in [-0.3, -0.25) is 9.59 Å². The second kappa shape index (κ2) is 9.15. The quantitative estimate of drug-likeness (QED) is 0.695. The summed E-state index contributed by atoms with van der Waals surface area (Å²) in [4.78, 5) is 25.6. The second-order valence-electron chi connectivity index (χ2n) is 7.81. The molecule has 1 aliphatic rings. The van der Waals surface area contributed by atoms with Crippen molar-refractivity contribution in [3.63, 3.8) is 0 Å². The maximum atomic E-state index is 13.4. The summed E-state index contributed by atoms with van der Waals surface area (Å²) in [6.07, 6.45) is 0.751. The fraction of sp³-hybridized carbons (Fsp3) is 0.391. The molecule has 0 spiro atoms. The number of benzene rings is 2. The zero-order valence-corrected chi connectivity index (χ0v) is 17.6. The Hall–Kier alpha value is -3.09. The molecular weight excluding hydrogens is 387 g/mol. The van der Waals surface area contributed by atoms with Gasteiger partial charge in [-0.05, 0) is 42.2 Å². The van der Waals surface area contributed by atoms with Gasteiger partial charge >= 0.3 is 0 Å². The Bertz CT molecular complexity index is 909. The molecule has 2 aromatic carbocycles. The van der Waals surface area contributed by atoms with Crippen LogP contribution in [0.5, 0.6) is 11.5 Å². The van der Waals surface area contributed by atoms with Crippen molar-refractivity contribution in [3.05, 3.63) is 59.4 Å². The largest absolute Gasteiger partial charge is 0.497 e. The highest BCUT2D eigenvalue weighted by molar-refractivity contribution is 5.98. The Labute approximate surface area is 175 Å². The molecule has 6 nitrogen and oxygen atoms in total. The van der Waals surface area contributed by atoms with Gasteiger partial charge in [0.2, 0.25) is 5.91 Å². The predicted octanol–water partition coefficient (Wildman–Crippen LogP) is 3.27. The molecule has 2 aromatic rings. The van der Waals surface area contributed by atoms with Gasteiger partial charge in [0.05, 0.1) is 14.2 Å². The average Bonchev–Trinajstić information content (AvgIpc) is 3.50. The number of hydrogen-bond donors (Lipinski definition) is 2. The van der Waals surface area contributed by atoms with Gasteiger partial charge in [0, 0.05) is 23.6 Å². The molecule has 2 N–H and O–H groups in total. The minimum atomic E-state index is -0.705. The van der Waals surface area contributed by atoms with E-state index in [1.165, 1.54) is 26.4 Å². The van der Waals surface area contributed by atoms with Gasteiger partial charge < -0.3 is 20.1 Å². The number of carbonyl (C=O) groups excluding carboxylic acids is 2. The summed E-state index contributed by atoms with van der Waals surface area (Å²) >= 11 is 0. The lowest BCUT2D eigenvalue weighted by molar-refractivity contribution is -0.124. The Morgan fingerprint density at radius 3 is 2.30 bits per heavy atom. The molecule has 1 saturated carbocycles. The molecular formula is C23H27FN2O4. The van der Waals surface area contributed by atoms with Crippen molar-refractivity contribution in [1.29, 1.82) is 0 Å². The van der Waals surface area contributed by atoms with Gasteiger partial charge in [-0.2, -0.15) is 0 Å². The molecule has 0 heterocycles. The second-order valence-corrected chi connectivity index (χ2v) is 7.81. The molecule has 2 amide bonds.